The highest BCUT2D eigenvalue weighted by molar-refractivity contribution is 7.98. The van der Waals surface area contributed by atoms with Crippen molar-refractivity contribution in [2.45, 2.75) is 19.1 Å². The Kier molecular flexibility index (Phi) is 7.75. The maximum atomic E-state index is 11.6. The number of ether oxygens (including phenoxy) is 1. The summed E-state index contributed by atoms with van der Waals surface area (Å²) in [6, 6.07) is 8.63. The topological polar surface area (TPSA) is 75.6 Å². The summed E-state index contributed by atoms with van der Waals surface area (Å²) in [5.74, 6) is -0.743. The van der Waals surface area contributed by atoms with E-state index in [0.29, 0.717) is 18.8 Å². The first-order chi connectivity index (χ1) is 9.63. The molecule has 0 spiro atoms. The fourth-order valence-electron chi connectivity index (χ4n) is 1.56. The van der Waals surface area contributed by atoms with Crippen molar-refractivity contribution >= 4 is 23.6 Å². The monoisotopic (exact) mass is 297 g/mol. The Morgan fingerprint density at radius 3 is 2.65 bits per heavy atom. The average molecular weight is 297 g/mol. The molecule has 2 N–H and O–H groups in total. The molecule has 0 fully saturated rings. The van der Waals surface area contributed by atoms with E-state index in [1.54, 1.807) is 11.8 Å². The normalized spacial score (nSPS) is 11.8. The number of hydrogen-bond acceptors (Lipinski definition) is 4. The first-order valence-corrected chi connectivity index (χ1v) is 7.65. The summed E-state index contributed by atoms with van der Waals surface area (Å²) in [5, 5.41) is 11.4. The average Bonchev–Trinajstić information content (AvgIpc) is 2.44. The zero-order valence-electron chi connectivity index (χ0n) is 11.4. The van der Waals surface area contributed by atoms with Crippen molar-refractivity contribution in [3.63, 3.8) is 0 Å². The highest BCUT2D eigenvalue weighted by Crippen LogP contribution is 2.02. The van der Waals surface area contributed by atoms with Crippen LogP contribution in [0.2, 0.25) is 0 Å². The number of thioether (sulfide) groups is 1. The molecular weight excluding hydrogens is 278 g/mol. The summed E-state index contributed by atoms with van der Waals surface area (Å²) < 4.78 is 5.26. The summed E-state index contributed by atoms with van der Waals surface area (Å²) in [7, 11) is 0. The number of aliphatic carboxylic acids is 1. The second kappa shape index (κ2) is 9.39. The maximum Gasteiger partial charge on any atom is 0.326 e. The van der Waals surface area contributed by atoms with Gasteiger partial charge in [-0.15, -0.1) is 0 Å². The smallest absolute Gasteiger partial charge is 0.326 e. The van der Waals surface area contributed by atoms with Gasteiger partial charge in [-0.25, -0.2) is 4.79 Å². The highest BCUT2D eigenvalue weighted by atomic mass is 32.2. The number of carboxylic acids is 1. The van der Waals surface area contributed by atoms with Crippen LogP contribution < -0.4 is 5.32 Å². The first kappa shape index (κ1) is 16.5. The van der Waals surface area contributed by atoms with E-state index in [2.05, 4.69) is 5.32 Å². The van der Waals surface area contributed by atoms with E-state index in [1.165, 1.54) is 0 Å². The van der Waals surface area contributed by atoms with Crippen LogP contribution in [0.5, 0.6) is 0 Å². The lowest BCUT2D eigenvalue weighted by Gasteiger charge is -2.14. The molecule has 0 unspecified atom stereocenters. The lowest BCUT2D eigenvalue weighted by molar-refractivity contribution is -0.142. The summed E-state index contributed by atoms with van der Waals surface area (Å²) in [5.41, 5.74) is 0.970. The van der Waals surface area contributed by atoms with Crippen LogP contribution >= 0.6 is 11.8 Å². The predicted octanol–water partition coefficient (Wildman–Crippen LogP) is 1.53. The molecule has 6 heteroatoms. The number of amides is 1. The molecule has 20 heavy (non-hydrogen) atoms. The van der Waals surface area contributed by atoms with Gasteiger partial charge in [0.15, 0.2) is 0 Å². The molecule has 0 heterocycles. The van der Waals surface area contributed by atoms with Crippen LogP contribution in [0.25, 0.3) is 0 Å². The summed E-state index contributed by atoms with van der Waals surface area (Å²) in [6.45, 7) is 0.189. The number of carboxylic acid groups (broad SMARTS) is 1. The molecule has 0 radical (unpaired) electrons. The minimum atomic E-state index is -1.02. The second-order valence-corrected chi connectivity index (χ2v) is 5.20. The van der Waals surface area contributed by atoms with Crippen molar-refractivity contribution in [1.29, 1.82) is 0 Å². The van der Waals surface area contributed by atoms with Crippen LogP contribution in [0.15, 0.2) is 30.3 Å². The van der Waals surface area contributed by atoms with E-state index in [0.717, 1.165) is 5.56 Å². The molecule has 0 aliphatic heterocycles. The van der Waals surface area contributed by atoms with E-state index in [9.17, 15) is 9.59 Å². The lowest BCUT2D eigenvalue weighted by Crippen LogP contribution is -2.42. The van der Waals surface area contributed by atoms with Gasteiger partial charge in [-0.05, 0) is 24.0 Å². The van der Waals surface area contributed by atoms with Crippen molar-refractivity contribution in [2.75, 3.05) is 18.6 Å². The summed E-state index contributed by atoms with van der Waals surface area (Å²) >= 11 is 1.54. The van der Waals surface area contributed by atoms with Crippen LogP contribution in [-0.2, 0) is 20.9 Å². The predicted molar refractivity (Wildman–Crippen MR) is 78.7 cm³/mol. The molecule has 0 saturated heterocycles. The maximum absolute atomic E-state index is 11.6. The second-order valence-electron chi connectivity index (χ2n) is 4.22. The molecule has 0 aliphatic rings. The van der Waals surface area contributed by atoms with Crippen molar-refractivity contribution < 1.29 is 19.4 Å². The van der Waals surface area contributed by atoms with Gasteiger partial charge in [-0.3, -0.25) is 4.79 Å². The van der Waals surface area contributed by atoms with E-state index in [-0.39, 0.29) is 6.61 Å². The molecule has 1 rings (SSSR count). The Bertz CT molecular complexity index is 424. The van der Waals surface area contributed by atoms with Gasteiger partial charge in [0.2, 0.25) is 5.91 Å². The van der Waals surface area contributed by atoms with Gasteiger partial charge in [0.25, 0.3) is 0 Å². The van der Waals surface area contributed by atoms with E-state index < -0.39 is 17.9 Å². The number of hydrogen-bond donors (Lipinski definition) is 2. The van der Waals surface area contributed by atoms with Gasteiger partial charge in [-0.2, -0.15) is 11.8 Å². The fourth-order valence-corrected chi connectivity index (χ4v) is 2.04. The molecule has 0 aromatic heterocycles. The molecule has 0 saturated carbocycles. The Labute approximate surface area is 122 Å². The number of benzene rings is 1. The van der Waals surface area contributed by atoms with Gasteiger partial charge >= 0.3 is 5.97 Å². The van der Waals surface area contributed by atoms with Crippen molar-refractivity contribution in [1.82, 2.24) is 5.32 Å². The van der Waals surface area contributed by atoms with Crippen LogP contribution in [0, 0.1) is 0 Å². The molecule has 1 amide bonds. The highest BCUT2D eigenvalue weighted by Gasteiger charge is 2.19. The van der Waals surface area contributed by atoms with Crippen LogP contribution in [0.4, 0.5) is 0 Å². The summed E-state index contributed by atoms with van der Waals surface area (Å²) in [6.07, 6.45) is 2.30. The van der Waals surface area contributed by atoms with Crippen molar-refractivity contribution in [2.24, 2.45) is 0 Å². The Balaban J connectivity index is 2.29. The third kappa shape index (κ3) is 6.58. The Morgan fingerprint density at radius 2 is 2.05 bits per heavy atom. The molecule has 1 aromatic carbocycles. The zero-order valence-corrected chi connectivity index (χ0v) is 12.2. The quantitative estimate of drug-likeness (QED) is 0.723. The van der Waals surface area contributed by atoms with Crippen LogP contribution in [0.3, 0.4) is 0 Å². The fraction of sp³-hybridized carbons (Fsp3) is 0.429. The molecule has 0 bridgehead atoms. The number of carbonyl (C=O) groups is 2. The van der Waals surface area contributed by atoms with E-state index in [4.69, 9.17) is 9.84 Å². The van der Waals surface area contributed by atoms with E-state index >= 15 is 0 Å². The standard InChI is InChI=1S/C14H19NO4S/c1-20-8-7-12(14(17)18)15-13(16)10-19-9-11-5-3-2-4-6-11/h2-6,12H,7-10H2,1H3,(H,15,16)(H,17,18)/t12-/m1/s1. The van der Waals surface area contributed by atoms with Gasteiger partial charge in [0.05, 0.1) is 6.61 Å². The molecule has 110 valence electrons. The molecule has 1 aromatic rings. The van der Waals surface area contributed by atoms with Gasteiger partial charge in [-0.1, -0.05) is 30.3 Å². The van der Waals surface area contributed by atoms with Gasteiger partial charge < -0.3 is 15.2 Å². The Morgan fingerprint density at radius 1 is 1.35 bits per heavy atom. The van der Waals surface area contributed by atoms with Gasteiger partial charge in [0, 0.05) is 0 Å². The number of rotatable bonds is 9. The zero-order chi connectivity index (χ0) is 14.8. The van der Waals surface area contributed by atoms with Crippen molar-refractivity contribution in [3.8, 4) is 0 Å². The SMILES string of the molecule is CSCC[C@@H](NC(=O)COCc1ccccc1)C(=O)O. The lowest BCUT2D eigenvalue weighted by atomic mass is 10.2. The molecular formula is C14H19NO4S. The minimum Gasteiger partial charge on any atom is -0.480 e. The van der Waals surface area contributed by atoms with Crippen molar-refractivity contribution in [3.05, 3.63) is 35.9 Å². The number of nitrogens with one attached hydrogen (secondary N) is 1. The largest absolute Gasteiger partial charge is 0.480 e. The van der Waals surface area contributed by atoms with Crippen LogP contribution in [0.1, 0.15) is 12.0 Å². The third-order valence-electron chi connectivity index (χ3n) is 2.59. The minimum absolute atomic E-state index is 0.141. The first-order valence-electron chi connectivity index (χ1n) is 6.26. The molecule has 1 atom stereocenters. The van der Waals surface area contributed by atoms with Gasteiger partial charge in [0.1, 0.15) is 12.6 Å². The summed E-state index contributed by atoms with van der Waals surface area (Å²) in [4.78, 5) is 22.6. The van der Waals surface area contributed by atoms with E-state index in [1.807, 2.05) is 36.6 Å². The molecule has 0 aliphatic carbocycles. The number of carbonyl (C=O) groups excluding carboxylic acids is 1. The Hall–Kier alpha value is -1.53. The third-order valence-corrected chi connectivity index (χ3v) is 3.23. The molecule has 5 nitrogen and oxygen atoms in total. The van der Waals surface area contributed by atoms with Crippen LogP contribution in [-0.4, -0.2) is 41.6 Å².